The zero-order valence-electron chi connectivity index (χ0n) is 11.4. The molecule has 0 amide bonds. The molecule has 0 saturated heterocycles. The number of rotatable bonds is 6. The summed E-state index contributed by atoms with van der Waals surface area (Å²) >= 11 is 2.03. The van der Waals surface area contributed by atoms with E-state index in [-0.39, 0.29) is 11.8 Å². The average molecular weight is 283 g/mol. The molecule has 1 fully saturated rings. The van der Waals surface area contributed by atoms with Crippen LogP contribution in [0.2, 0.25) is 0 Å². The van der Waals surface area contributed by atoms with Gasteiger partial charge in [0.25, 0.3) is 0 Å². The fourth-order valence-electron chi connectivity index (χ4n) is 2.61. The lowest BCUT2D eigenvalue weighted by Crippen LogP contribution is -2.29. The van der Waals surface area contributed by atoms with Crippen molar-refractivity contribution in [2.45, 2.75) is 50.4 Å². The number of nitrogens with one attached hydrogen (secondary N) is 1. The number of hydrogen-bond acceptors (Lipinski definition) is 4. The maximum absolute atomic E-state index is 10.8. The molecule has 0 aromatic carbocycles. The molecule has 106 valence electrons. The molecule has 3 unspecified atom stereocenters. The third kappa shape index (κ3) is 3.76. The fourth-order valence-corrected chi connectivity index (χ4v) is 3.76. The van der Waals surface area contributed by atoms with Crippen LogP contribution in [0.25, 0.3) is 0 Å². The molecule has 0 radical (unpaired) electrons. The van der Waals surface area contributed by atoms with Gasteiger partial charge < -0.3 is 14.8 Å². The first-order chi connectivity index (χ1) is 9.10. The van der Waals surface area contributed by atoms with Gasteiger partial charge in [0.2, 0.25) is 5.76 Å². The Kier molecular flexibility index (Phi) is 4.93. The zero-order chi connectivity index (χ0) is 13.8. The van der Waals surface area contributed by atoms with Crippen LogP contribution in [0.5, 0.6) is 0 Å². The van der Waals surface area contributed by atoms with Gasteiger partial charge in [-0.25, -0.2) is 4.79 Å². The molecule has 4 nitrogen and oxygen atoms in total. The van der Waals surface area contributed by atoms with E-state index in [1.54, 1.807) is 6.07 Å². The highest BCUT2D eigenvalue weighted by Gasteiger charge is 2.26. The average Bonchev–Trinajstić information content (AvgIpc) is 2.98. The summed E-state index contributed by atoms with van der Waals surface area (Å²) in [5, 5.41) is 13.1. The normalized spacial score (nSPS) is 24.5. The van der Waals surface area contributed by atoms with Gasteiger partial charge in [-0.05, 0) is 44.1 Å². The van der Waals surface area contributed by atoms with Gasteiger partial charge in [-0.15, -0.1) is 0 Å². The van der Waals surface area contributed by atoms with E-state index in [1.807, 2.05) is 18.7 Å². The predicted octanol–water partition coefficient (Wildman–Crippen LogP) is 3.30. The van der Waals surface area contributed by atoms with E-state index in [4.69, 9.17) is 9.52 Å². The Morgan fingerprint density at radius 1 is 1.58 bits per heavy atom. The van der Waals surface area contributed by atoms with E-state index in [0.29, 0.717) is 11.8 Å². The molecule has 0 aliphatic heterocycles. The van der Waals surface area contributed by atoms with Gasteiger partial charge >= 0.3 is 5.97 Å². The summed E-state index contributed by atoms with van der Waals surface area (Å²) in [4.78, 5) is 10.8. The van der Waals surface area contributed by atoms with Gasteiger partial charge in [0.15, 0.2) is 0 Å². The lowest BCUT2D eigenvalue weighted by molar-refractivity contribution is 0.0659. The smallest absolute Gasteiger partial charge is 0.371 e. The summed E-state index contributed by atoms with van der Waals surface area (Å²) in [7, 11) is 0. The Hall–Kier alpha value is -0.940. The van der Waals surface area contributed by atoms with Crippen LogP contribution in [0, 0.1) is 0 Å². The van der Waals surface area contributed by atoms with E-state index < -0.39 is 5.97 Å². The molecule has 1 saturated carbocycles. The largest absolute Gasteiger partial charge is 0.475 e. The van der Waals surface area contributed by atoms with Crippen LogP contribution < -0.4 is 5.32 Å². The highest BCUT2D eigenvalue weighted by atomic mass is 32.2. The first-order valence-corrected chi connectivity index (χ1v) is 7.85. The van der Waals surface area contributed by atoms with Crippen LogP contribution in [0.15, 0.2) is 16.5 Å². The predicted molar refractivity (Wildman–Crippen MR) is 76.8 cm³/mol. The topological polar surface area (TPSA) is 62.5 Å². The van der Waals surface area contributed by atoms with E-state index in [2.05, 4.69) is 12.2 Å². The molecule has 5 heteroatoms. The first-order valence-electron chi connectivity index (χ1n) is 6.80. The van der Waals surface area contributed by atoms with Crippen LogP contribution in [0.4, 0.5) is 0 Å². The Labute approximate surface area is 117 Å². The molecule has 3 atom stereocenters. The standard InChI is InChI=1S/C14H21NO3S/c1-3-19-11-5-4-10(8-11)15-9(2)12-6-7-13(18-12)14(16)17/h6-7,9-11,15H,3-5,8H2,1-2H3,(H,16,17). The zero-order valence-corrected chi connectivity index (χ0v) is 12.2. The fraction of sp³-hybridized carbons (Fsp3) is 0.643. The molecule has 19 heavy (non-hydrogen) atoms. The molecule has 1 aliphatic rings. The third-order valence-corrected chi connectivity index (χ3v) is 4.77. The molecule has 0 bridgehead atoms. The van der Waals surface area contributed by atoms with E-state index in [0.717, 1.165) is 5.25 Å². The maximum atomic E-state index is 10.8. The van der Waals surface area contributed by atoms with E-state index >= 15 is 0 Å². The molecular formula is C14H21NO3S. The summed E-state index contributed by atoms with van der Waals surface area (Å²) in [5.41, 5.74) is 0. The minimum Gasteiger partial charge on any atom is -0.475 e. The van der Waals surface area contributed by atoms with Crippen molar-refractivity contribution in [1.82, 2.24) is 5.32 Å². The van der Waals surface area contributed by atoms with E-state index in [9.17, 15) is 4.79 Å². The Morgan fingerprint density at radius 2 is 2.37 bits per heavy atom. The quantitative estimate of drug-likeness (QED) is 0.838. The SMILES string of the molecule is CCSC1CCC(NC(C)c2ccc(C(=O)O)o2)C1. The number of carboxylic acid groups (broad SMARTS) is 1. The minimum atomic E-state index is -1.02. The Morgan fingerprint density at radius 3 is 3.00 bits per heavy atom. The number of carboxylic acids is 1. The van der Waals surface area contributed by atoms with Crippen LogP contribution in [-0.2, 0) is 0 Å². The number of hydrogen-bond donors (Lipinski definition) is 2. The van der Waals surface area contributed by atoms with Crippen LogP contribution in [0.1, 0.15) is 55.5 Å². The monoisotopic (exact) mass is 283 g/mol. The number of thioether (sulfide) groups is 1. The van der Waals surface area contributed by atoms with Crippen molar-refractivity contribution in [3.05, 3.63) is 23.7 Å². The van der Waals surface area contributed by atoms with Gasteiger partial charge in [-0.3, -0.25) is 0 Å². The Bertz CT molecular complexity index is 432. The number of furan rings is 1. The number of aromatic carboxylic acids is 1. The maximum Gasteiger partial charge on any atom is 0.371 e. The second-order valence-corrected chi connectivity index (χ2v) is 6.56. The van der Waals surface area contributed by atoms with Crippen molar-refractivity contribution in [1.29, 1.82) is 0 Å². The highest BCUT2D eigenvalue weighted by molar-refractivity contribution is 7.99. The van der Waals surface area contributed by atoms with Gasteiger partial charge in [0.05, 0.1) is 6.04 Å². The summed E-state index contributed by atoms with van der Waals surface area (Å²) in [5.74, 6) is 0.866. The summed E-state index contributed by atoms with van der Waals surface area (Å²) < 4.78 is 5.32. The van der Waals surface area contributed by atoms with Gasteiger partial charge in [0, 0.05) is 11.3 Å². The third-order valence-electron chi connectivity index (χ3n) is 3.54. The molecule has 2 N–H and O–H groups in total. The van der Waals surface area contributed by atoms with Crippen LogP contribution in [0.3, 0.4) is 0 Å². The summed E-state index contributed by atoms with van der Waals surface area (Å²) in [6, 6.07) is 3.83. The van der Waals surface area contributed by atoms with Gasteiger partial charge in [0.1, 0.15) is 5.76 Å². The molecule has 0 spiro atoms. The van der Waals surface area contributed by atoms with Crippen molar-refractivity contribution in [2.24, 2.45) is 0 Å². The molecular weight excluding hydrogens is 262 g/mol. The van der Waals surface area contributed by atoms with Crippen molar-refractivity contribution in [3.63, 3.8) is 0 Å². The highest BCUT2D eigenvalue weighted by Crippen LogP contribution is 2.31. The lowest BCUT2D eigenvalue weighted by Gasteiger charge is -2.17. The molecule has 1 aromatic rings. The Balaban J connectivity index is 1.87. The van der Waals surface area contributed by atoms with Crippen LogP contribution >= 0.6 is 11.8 Å². The number of carbonyl (C=O) groups is 1. The summed E-state index contributed by atoms with van der Waals surface area (Å²) in [6.45, 7) is 4.22. The van der Waals surface area contributed by atoms with Crippen molar-refractivity contribution < 1.29 is 14.3 Å². The molecule has 2 rings (SSSR count). The second kappa shape index (κ2) is 6.48. The molecule has 1 aliphatic carbocycles. The van der Waals surface area contributed by atoms with Crippen molar-refractivity contribution in [3.8, 4) is 0 Å². The lowest BCUT2D eigenvalue weighted by atomic mass is 10.2. The second-order valence-electron chi connectivity index (χ2n) is 4.98. The minimum absolute atomic E-state index is 0.00878. The van der Waals surface area contributed by atoms with E-state index in [1.165, 1.54) is 31.1 Å². The molecule has 1 aromatic heterocycles. The van der Waals surface area contributed by atoms with Crippen molar-refractivity contribution >= 4 is 17.7 Å². The molecule has 1 heterocycles. The van der Waals surface area contributed by atoms with Crippen molar-refractivity contribution in [2.75, 3.05) is 5.75 Å². The van der Waals surface area contributed by atoms with Gasteiger partial charge in [-0.2, -0.15) is 11.8 Å². The first kappa shape index (κ1) is 14.5. The summed E-state index contributed by atoms with van der Waals surface area (Å²) in [6.07, 6.45) is 3.64. The van der Waals surface area contributed by atoms with Crippen LogP contribution in [-0.4, -0.2) is 28.1 Å². The van der Waals surface area contributed by atoms with Gasteiger partial charge in [-0.1, -0.05) is 6.92 Å².